The summed E-state index contributed by atoms with van der Waals surface area (Å²) in [5, 5.41) is 18.0. The number of aromatic nitrogens is 1. The second-order valence-corrected chi connectivity index (χ2v) is 9.39. The normalized spacial score (nSPS) is 28.6. The predicted molar refractivity (Wildman–Crippen MR) is 114 cm³/mol. The van der Waals surface area contributed by atoms with E-state index >= 15 is 4.39 Å². The number of fused-ring (bicyclic) bond motifs is 1. The highest BCUT2D eigenvalue weighted by Gasteiger charge is 2.54. The van der Waals surface area contributed by atoms with Crippen LogP contribution in [0, 0.1) is 11.2 Å². The summed E-state index contributed by atoms with van der Waals surface area (Å²) in [5.41, 5.74) is -0.176. The largest absolute Gasteiger partial charge is 0.384 e. The third-order valence-corrected chi connectivity index (χ3v) is 7.72. The van der Waals surface area contributed by atoms with Crippen molar-refractivity contribution < 1.29 is 19.1 Å². The molecular weight excluding hydrogens is 397 g/mol. The fraction of sp³-hybridized carbons (Fsp3) is 0.542. The number of carbonyl (C=O) groups is 2. The van der Waals surface area contributed by atoms with Crippen LogP contribution >= 0.6 is 0 Å². The van der Waals surface area contributed by atoms with E-state index in [0.717, 1.165) is 32.1 Å². The van der Waals surface area contributed by atoms with Gasteiger partial charge in [-0.15, -0.1) is 0 Å². The van der Waals surface area contributed by atoms with Gasteiger partial charge in [-0.25, -0.2) is 4.39 Å². The molecule has 2 atom stereocenters. The molecule has 2 amide bonds. The summed E-state index contributed by atoms with van der Waals surface area (Å²) in [6.07, 6.45) is 7.69. The molecular formula is C24H28FN3O3. The molecule has 1 aliphatic carbocycles. The number of nitrogens with zero attached hydrogens (tertiary/aromatic N) is 1. The van der Waals surface area contributed by atoms with Gasteiger partial charge in [0.25, 0.3) is 0 Å². The molecule has 3 N–H and O–H groups in total. The van der Waals surface area contributed by atoms with Crippen molar-refractivity contribution in [1.82, 2.24) is 15.6 Å². The van der Waals surface area contributed by atoms with Gasteiger partial charge in [0.1, 0.15) is 11.4 Å². The lowest BCUT2D eigenvalue weighted by molar-refractivity contribution is -0.134. The summed E-state index contributed by atoms with van der Waals surface area (Å²) in [7, 11) is 0. The first-order chi connectivity index (χ1) is 14.9. The molecule has 2 saturated heterocycles. The minimum atomic E-state index is -1.23. The van der Waals surface area contributed by atoms with E-state index in [9.17, 15) is 14.7 Å². The maximum atomic E-state index is 16.0. The quantitative estimate of drug-likeness (QED) is 0.644. The molecule has 3 heterocycles. The number of hydrogen-bond acceptors (Lipinski definition) is 5. The van der Waals surface area contributed by atoms with Crippen molar-refractivity contribution >= 4 is 22.7 Å². The van der Waals surface area contributed by atoms with Crippen LogP contribution in [0.25, 0.3) is 10.9 Å². The molecule has 6 nitrogen and oxygen atoms in total. The van der Waals surface area contributed by atoms with Crippen LogP contribution in [0.15, 0.2) is 24.4 Å². The SMILES string of the molecule is O=C1CCC(c2cnc3ccc(C4(O)CCNCC45CCCCC5)c(F)c3c2)C(=O)N1. The summed E-state index contributed by atoms with van der Waals surface area (Å²) in [6, 6.07) is 5.12. The fourth-order valence-corrected chi connectivity index (χ4v) is 5.95. The lowest BCUT2D eigenvalue weighted by Gasteiger charge is -2.53. The number of carbonyl (C=O) groups excluding carboxylic acids is 2. The number of amides is 2. The maximum absolute atomic E-state index is 16.0. The van der Waals surface area contributed by atoms with E-state index in [1.807, 2.05) is 0 Å². The molecule has 0 bridgehead atoms. The Hall–Kier alpha value is -2.38. The number of nitrogens with one attached hydrogen (secondary N) is 2. The molecule has 1 saturated carbocycles. The van der Waals surface area contributed by atoms with Gasteiger partial charge in [0.05, 0.1) is 11.4 Å². The van der Waals surface area contributed by atoms with Crippen LogP contribution < -0.4 is 10.6 Å². The first-order valence-electron chi connectivity index (χ1n) is 11.3. The van der Waals surface area contributed by atoms with Gasteiger partial charge >= 0.3 is 0 Å². The van der Waals surface area contributed by atoms with E-state index < -0.39 is 17.3 Å². The van der Waals surface area contributed by atoms with Gasteiger partial charge in [-0.3, -0.25) is 19.9 Å². The van der Waals surface area contributed by atoms with Crippen molar-refractivity contribution in [3.05, 3.63) is 41.3 Å². The predicted octanol–water partition coefficient (Wildman–Crippen LogP) is 3.03. The van der Waals surface area contributed by atoms with Crippen molar-refractivity contribution in [1.29, 1.82) is 0 Å². The monoisotopic (exact) mass is 425 g/mol. The minimum Gasteiger partial charge on any atom is -0.384 e. The highest BCUT2D eigenvalue weighted by Crippen LogP contribution is 2.53. The Balaban J connectivity index is 1.59. The van der Waals surface area contributed by atoms with Gasteiger partial charge in [0, 0.05) is 35.5 Å². The average molecular weight is 426 g/mol. The number of rotatable bonds is 2. The Morgan fingerprint density at radius 2 is 1.94 bits per heavy atom. The number of halogens is 1. The van der Waals surface area contributed by atoms with Crippen molar-refractivity contribution in [2.75, 3.05) is 13.1 Å². The van der Waals surface area contributed by atoms with E-state index in [-0.39, 0.29) is 23.7 Å². The van der Waals surface area contributed by atoms with Crippen LogP contribution in [0.1, 0.15) is 68.4 Å². The molecule has 2 unspecified atom stereocenters. The molecule has 1 aromatic carbocycles. The Bertz CT molecular complexity index is 1040. The Morgan fingerprint density at radius 1 is 1.13 bits per heavy atom. The van der Waals surface area contributed by atoms with E-state index in [1.54, 1.807) is 24.4 Å². The lowest BCUT2D eigenvalue weighted by Crippen LogP contribution is -2.58. The van der Waals surface area contributed by atoms with E-state index in [2.05, 4.69) is 15.6 Å². The number of pyridine rings is 1. The third-order valence-electron chi connectivity index (χ3n) is 7.72. The number of piperidine rings is 2. The smallest absolute Gasteiger partial charge is 0.234 e. The zero-order valence-corrected chi connectivity index (χ0v) is 17.5. The van der Waals surface area contributed by atoms with Crippen LogP contribution in [-0.2, 0) is 15.2 Å². The second-order valence-electron chi connectivity index (χ2n) is 9.39. The van der Waals surface area contributed by atoms with Gasteiger partial charge in [0.2, 0.25) is 11.8 Å². The van der Waals surface area contributed by atoms with Crippen LogP contribution in [0.3, 0.4) is 0 Å². The van der Waals surface area contributed by atoms with Crippen molar-refractivity contribution in [2.45, 2.75) is 62.9 Å². The fourth-order valence-electron chi connectivity index (χ4n) is 5.95. The summed E-state index contributed by atoms with van der Waals surface area (Å²) >= 11 is 0. The van der Waals surface area contributed by atoms with Crippen LogP contribution in [0.2, 0.25) is 0 Å². The Morgan fingerprint density at radius 3 is 2.71 bits per heavy atom. The molecule has 2 aromatic rings. The lowest BCUT2D eigenvalue weighted by atomic mass is 9.58. The van der Waals surface area contributed by atoms with Gasteiger partial charge in [0.15, 0.2) is 0 Å². The van der Waals surface area contributed by atoms with E-state index in [0.29, 0.717) is 48.0 Å². The minimum absolute atomic E-state index is 0.256. The zero-order valence-electron chi connectivity index (χ0n) is 17.5. The molecule has 3 fully saturated rings. The standard InChI is InChI=1S/C24H28FN3O3/c25-21-17-12-15(16-4-7-20(29)28-22(16)30)13-27-19(17)6-5-18(21)24(31)10-11-26-14-23(24)8-2-1-3-9-23/h5-6,12-13,16,26,31H,1-4,7-11,14H2,(H,28,29,30). The van der Waals surface area contributed by atoms with Gasteiger partial charge in [-0.1, -0.05) is 25.3 Å². The van der Waals surface area contributed by atoms with Crippen LogP contribution in [-0.4, -0.2) is 35.0 Å². The average Bonchev–Trinajstić information content (AvgIpc) is 2.77. The van der Waals surface area contributed by atoms with Crippen molar-refractivity contribution in [3.63, 3.8) is 0 Å². The topological polar surface area (TPSA) is 91.3 Å². The van der Waals surface area contributed by atoms with Gasteiger partial charge in [-0.2, -0.15) is 0 Å². The molecule has 1 spiro atoms. The highest BCUT2D eigenvalue weighted by molar-refractivity contribution is 6.01. The first-order valence-corrected chi connectivity index (χ1v) is 11.3. The van der Waals surface area contributed by atoms with Crippen molar-refractivity contribution in [3.8, 4) is 0 Å². The molecule has 1 aromatic heterocycles. The molecule has 31 heavy (non-hydrogen) atoms. The molecule has 5 rings (SSSR count). The summed E-state index contributed by atoms with van der Waals surface area (Å²) in [4.78, 5) is 28.2. The Kier molecular flexibility index (Phi) is 5.06. The van der Waals surface area contributed by atoms with Crippen LogP contribution in [0.5, 0.6) is 0 Å². The third kappa shape index (κ3) is 3.26. The number of benzene rings is 1. The van der Waals surface area contributed by atoms with Gasteiger partial charge in [-0.05, 0) is 49.9 Å². The van der Waals surface area contributed by atoms with E-state index in [4.69, 9.17) is 0 Å². The molecule has 2 aliphatic heterocycles. The summed E-state index contributed by atoms with van der Waals surface area (Å²) in [5.74, 6) is -1.63. The Labute approximate surface area is 180 Å². The number of aliphatic hydroxyl groups is 1. The van der Waals surface area contributed by atoms with Crippen molar-refractivity contribution in [2.24, 2.45) is 5.41 Å². The maximum Gasteiger partial charge on any atom is 0.234 e. The molecule has 0 radical (unpaired) electrons. The van der Waals surface area contributed by atoms with E-state index in [1.165, 1.54) is 0 Å². The van der Waals surface area contributed by atoms with Crippen LogP contribution in [0.4, 0.5) is 4.39 Å². The second kappa shape index (κ2) is 7.64. The number of hydrogen-bond donors (Lipinski definition) is 3. The summed E-state index contributed by atoms with van der Waals surface area (Å²) in [6.45, 7) is 1.33. The molecule has 164 valence electrons. The molecule has 7 heteroatoms. The first kappa shape index (κ1) is 20.5. The van der Waals surface area contributed by atoms with Gasteiger partial charge < -0.3 is 10.4 Å². The number of imide groups is 1. The molecule has 3 aliphatic rings. The highest BCUT2D eigenvalue weighted by atomic mass is 19.1. The zero-order chi connectivity index (χ0) is 21.6. The summed E-state index contributed by atoms with van der Waals surface area (Å²) < 4.78 is 16.0.